The molecule has 0 aliphatic heterocycles. The molecule has 3 rings (SSSR count). The average Bonchev–Trinajstić information content (AvgIpc) is 3.14. The van der Waals surface area contributed by atoms with Gasteiger partial charge in [0.25, 0.3) is 0 Å². The number of rotatable bonds is 10. The van der Waals surface area contributed by atoms with Gasteiger partial charge < -0.3 is 14.2 Å². The highest BCUT2D eigenvalue weighted by Crippen LogP contribution is 2.22. The van der Waals surface area contributed by atoms with E-state index in [0.29, 0.717) is 19.7 Å². The number of carbonyl (C=O) groups excluding carboxylic acids is 1. The lowest BCUT2D eigenvalue weighted by atomic mass is 10.1. The third-order valence-electron chi connectivity index (χ3n) is 6.04. The number of hydrogen-bond donors (Lipinski definition) is 0. The van der Waals surface area contributed by atoms with Gasteiger partial charge in [-0.1, -0.05) is 42.0 Å². The molecule has 0 spiro atoms. The van der Waals surface area contributed by atoms with Crippen molar-refractivity contribution in [1.82, 2.24) is 18.8 Å². The van der Waals surface area contributed by atoms with Crippen LogP contribution in [0.4, 0.5) is 0 Å². The standard InChI is InChI=1S/C27H36N4O3S/c1-19-14-20(2)27(21(3)15-19)35(33)31(7)12-13-34-18-26(32)30(6)16-23-8-10-24(11-9-23)25-17-29(5)22(4)28-25/h8-11,14-15,17H,12-13,16,18H2,1-7H3. The molecule has 3 aromatic rings. The second-order valence-electron chi connectivity index (χ2n) is 9.11. The van der Waals surface area contributed by atoms with Crippen molar-refractivity contribution in [3.8, 4) is 11.3 Å². The molecule has 1 unspecified atom stereocenters. The van der Waals surface area contributed by atoms with E-state index >= 15 is 0 Å². The Hall–Kier alpha value is -2.81. The molecule has 7 nitrogen and oxygen atoms in total. The van der Waals surface area contributed by atoms with E-state index in [1.807, 2.05) is 89.0 Å². The molecule has 1 heterocycles. The van der Waals surface area contributed by atoms with Crippen molar-refractivity contribution < 1.29 is 13.7 Å². The maximum Gasteiger partial charge on any atom is 0.248 e. The molecule has 188 valence electrons. The fourth-order valence-electron chi connectivity index (χ4n) is 3.98. The molecule has 0 aliphatic carbocycles. The Balaban J connectivity index is 1.44. The Bertz CT molecular complexity index is 1160. The number of carbonyl (C=O) groups is 1. The zero-order valence-corrected chi connectivity index (χ0v) is 22.6. The Kier molecular flexibility index (Phi) is 8.99. The summed E-state index contributed by atoms with van der Waals surface area (Å²) in [7, 11) is 4.28. The predicted octanol–water partition coefficient (Wildman–Crippen LogP) is 3.95. The topological polar surface area (TPSA) is 67.7 Å². The number of benzene rings is 2. The molecular formula is C27H36N4O3S. The number of aryl methyl sites for hydroxylation is 5. The van der Waals surface area contributed by atoms with Crippen LogP contribution >= 0.6 is 0 Å². The average molecular weight is 497 g/mol. The van der Waals surface area contributed by atoms with E-state index < -0.39 is 11.0 Å². The summed E-state index contributed by atoms with van der Waals surface area (Å²) in [5, 5.41) is 0. The summed E-state index contributed by atoms with van der Waals surface area (Å²) in [6.07, 6.45) is 2.01. The lowest BCUT2D eigenvalue weighted by Crippen LogP contribution is -2.32. The summed E-state index contributed by atoms with van der Waals surface area (Å²) in [6, 6.07) is 12.2. The van der Waals surface area contributed by atoms with E-state index in [0.717, 1.165) is 44.2 Å². The second kappa shape index (κ2) is 11.7. The molecular weight excluding hydrogens is 460 g/mol. The molecule has 2 aromatic carbocycles. The highest BCUT2D eigenvalue weighted by atomic mass is 32.2. The molecule has 35 heavy (non-hydrogen) atoms. The summed E-state index contributed by atoms with van der Waals surface area (Å²) in [5.41, 5.74) is 6.23. The molecule has 1 atom stereocenters. The zero-order valence-electron chi connectivity index (χ0n) is 21.8. The largest absolute Gasteiger partial charge is 0.370 e. The van der Waals surface area contributed by atoms with E-state index in [1.165, 1.54) is 0 Å². The van der Waals surface area contributed by atoms with Gasteiger partial charge in [-0.25, -0.2) is 13.5 Å². The molecule has 0 aliphatic rings. The van der Waals surface area contributed by atoms with E-state index in [-0.39, 0.29) is 12.5 Å². The van der Waals surface area contributed by atoms with Gasteiger partial charge in [-0.2, -0.15) is 0 Å². The molecule has 0 radical (unpaired) electrons. The van der Waals surface area contributed by atoms with Crippen LogP contribution in [0.3, 0.4) is 0 Å². The van der Waals surface area contributed by atoms with E-state index in [1.54, 1.807) is 16.3 Å². The Morgan fingerprint density at radius 2 is 1.69 bits per heavy atom. The lowest BCUT2D eigenvalue weighted by molar-refractivity contribution is -0.135. The summed E-state index contributed by atoms with van der Waals surface area (Å²) >= 11 is 0. The van der Waals surface area contributed by atoms with Gasteiger partial charge in [0, 0.05) is 46.0 Å². The number of ether oxygens (including phenoxy) is 1. The van der Waals surface area contributed by atoms with Crippen LogP contribution in [0.1, 0.15) is 28.1 Å². The lowest BCUT2D eigenvalue weighted by Gasteiger charge is -2.20. The maximum atomic E-state index is 13.0. The van der Waals surface area contributed by atoms with Crippen molar-refractivity contribution in [3.63, 3.8) is 0 Å². The minimum Gasteiger partial charge on any atom is -0.370 e. The fraction of sp³-hybridized carbons (Fsp3) is 0.407. The molecule has 0 saturated heterocycles. The number of imidazole rings is 1. The van der Waals surface area contributed by atoms with Crippen LogP contribution in [0.2, 0.25) is 0 Å². The van der Waals surface area contributed by atoms with Gasteiger partial charge in [0.15, 0.2) is 0 Å². The van der Waals surface area contributed by atoms with Gasteiger partial charge in [-0.3, -0.25) is 4.79 Å². The number of hydrogen-bond acceptors (Lipinski definition) is 4. The van der Waals surface area contributed by atoms with Crippen LogP contribution in [0, 0.1) is 27.7 Å². The first-order valence-corrected chi connectivity index (χ1v) is 12.8. The molecule has 0 N–H and O–H groups in total. The Morgan fingerprint density at radius 3 is 2.26 bits per heavy atom. The van der Waals surface area contributed by atoms with Gasteiger partial charge in [0.2, 0.25) is 5.91 Å². The van der Waals surface area contributed by atoms with Gasteiger partial charge >= 0.3 is 0 Å². The summed E-state index contributed by atoms with van der Waals surface area (Å²) in [5.74, 6) is 0.871. The number of amides is 1. The van der Waals surface area contributed by atoms with E-state index in [4.69, 9.17) is 4.74 Å². The predicted molar refractivity (Wildman–Crippen MR) is 140 cm³/mol. The van der Waals surface area contributed by atoms with Crippen LogP contribution in [-0.4, -0.2) is 62.7 Å². The third-order valence-corrected chi connectivity index (χ3v) is 7.78. The van der Waals surface area contributed by atoms with Gasteiger partial charge in [0.1, 0.15) is 23.4 Å². The van der Waals surface area contributed by atoms with Crippen molar-refractivity contribution in [1.29, 1.82) is 0 Å². The zero-order chi connectivity index (χ0) is 25.7. The van der Waals surface area contributed by atoms with Crippen molar-refractivity contribution >= 4 is 16.9 Å². The maximum absolute atomic E-state index is 13.0. The number of aromatic nitrogens is 2. The molecule has 8 heteroatoms. The van der Waals surface area contributed by atoms with Crippen LogP contribution in [0.25, 0.3) is 11.3 Å². The highest BCUT2D eigenvalue weighted by Gasteiger charge is 2.17. The minimum absolute atomic E-state index is 0.00907. The third kappa shape index (κ3) is 6.87. The summed E-state index contributed by atoms with van der Waals surface area (Å²) in [4.78, 5) is 19.6. The number of nitrogens with zero attached hydrogens (tertiary/aromatic N) is 4. The Morgan fingerprint density at radius 1 is 1.06 bits per heavy atom. The Labute approximate surface area is 211 Å². The van der Waals surface area contributed by atoms with Crippen molar-refractivity contribution in [3.05, 3.63) is 70.7 Å². The van der Waals surface area contributed by atoms with Gasteiger partial charge in [-0.05, 0) is 44.4 Å². The van der Waals surface area contributed by atoms with Crippen molar-refractivity contribution in [2.75, 3.05) is 33.9 Å². The van der Waals surface area contributed by atoms with Crippen LogP contribution in [0.5, 0.6) is 0 Å². The summed E-state index contributed by atoms with van der Waals surface area (Å²) < 4.78 is 22.3. The van der Waals surface area contributed by atoms with Crippen molar-refractivity contribution in [2.45, 2.75) is 39.1 Å². The summed E-state index contributed by atoms with van der Waals surface area (Å²) in [6.45, 7) is 9.26. The molecule has 0 saturated carbocycles. The smallest absolute Gasteiger partial charge is 0.248 e. The monoisotopic (exact) mass is 496 g/mol. The van der Waals surface area contributed by atoms with E-state index in [9.17, 15) is 9.00 Å². The molecule has 0 fully saturated rings. The van der Waals surface area contributed by atoms with Crippen molar-refractivity contribution in [2.24, 2.45) is 7.05 Å². The van der Waals surface area contributed by atoms with E-state index in [2.05, 4.69) is 4.98 Å². The van der Waals surface area contributed by atoms with Crippen LogP contribution < -0.4 is 0 Å². The SMILES string of the molecule is Cc1cc(C)c(S(=O)N(C)CCOCC(=O)N(C)Cc2ccc(-c3cn(C)c(C)n3)cc2)c(C)c1. The normalized spacial score (nSPS) is 12.2. The first-order chi connectivity index (χ1) is 16.6. The highest BCUT2D eigenvalue weighted by molar-refractivity contribution is 7.82. The first-order valence-electron chi connectivity index (χ1n) is 11.7. The first kappa shape index (κ1) is 26.8. The quantitative estimate of drug-likeness (QED) is 0.399. The minimum atomic E-state index is -1.27. The number of likely N-dealkylation sites (N-methyl/N-ethyl adjacent to an activating group) is 2. The van der Waals surface area contributed by atoms with Crippen LogP contribution in [0.15, 0.2) is 47.5 Å². The van der Waals surface area contributed by atoms with Crippen LogP contribution in [-0.2, 0) is 34.1 Å². The van der Waals surface area contributed by atoms with Gasteiger partial charge in [-0.15, -0.1) is 0 Å². The molecule has 1 amide bonds. The van der Waals surface area contributed by atoms with Gasteiger partial charge in [0.05, 0.1) is 17.2 Å². The fourth-order valence-corrected chi connectivity index (χ4v) is 5.21. The second-order valence-corrected chi connectivity index (χ2v) is 10.6. The molecule has 0 bridgehead atoms. The molecule has 1 aromatic heterocycles.